The molecule has 5 nitrogen and oxygen atoms in total. The van der Waals surface area contributed by atoms with Gasteiger partial charge in [-0.1, -0.05) is 29.4 Å². The van der Waals surface area contributed by atoms with Gasteiger partial charge in [-0.15, -0.1) is 0 Å². The highest BCUT2D eigenvalue weighted by atomic mass is 16.5. The molecule has 27 heavy (non-hydrogen) atoms. The van der Waals surface area contributed by atoms with Crippen LogP contribution in [0.15, 0.2) is 28.8 Å². The molecule has 1 aliphatic heterocycles. The van der Waals surface area contributed by atoms with Gasteiger partial charge < -0.3 is 14.3 Å². The van der Waals surface area contributed by atoms with Gasteiger partial charge >= 0.3 is 0 Å². The third-order valence-electron chi connectivity index (χ3n) is 5.78. The summed E-state index contributed by atoms with van der Waals surface area (Å²) in [4.78, 5) is 17.5. The fraction of sp³-hybridized carbons (Fsp3) is 0.545. The normalized spacial score (nSPS) is 20.0. The van der Waals surface area contributed by atoms with Gasteiger partial charge in [0.1, 0.15) is 0 Å². The van der Waals surface area contributed by atoms with E-state index in [4.69, 9.17) is 4.52 Å². The summed E-state index contributed by atoms with van der Waals surface area (Å²) in [6, 6.07) is 8.87. The number of hydrogen-bond acceptors (Lipinski definition) is 4. The molecule has 1 saturated heterocycles. The van der Waals surface area contributed by atoms with Crippen LogP contribution in [0.4, 0.5) is 0 Å². The van der Waals surface area contributed by atoms with E-state index in [2.05, 4.69) is 48.4 Å². The minimum absolute atomic E-state index is 0.0210. The Hall–Kier alpha value is -2.14. The molecule has 0 radical (unpaired) electrons. The van der Waals surface area contributed by atoms with Gasteiger partial charge in [0.25, 0.3) is 5.91 Å². The lowest BCUT2D eigenvalue weighted by atomic mass is 9.92. The van der Waals surface area contributed by atoms with Gasteiger partial charge in [-0.05, 0) is 70.2 Å². The van der Waals surface area contributed by atoms with Crippen molar-refractivity contribution in [3.8, 4) is 0 Å². The predicted molar refractivity (Wildman–Crippen MR) is 105 cm³/mol. The van der Waals surface area contributed by atoms with E-state index < -0.39 is 0 Å². The number of rotatable bonds is 4. The number of aromatic nitrogens is 1. The molecular formula is C22H29N3O2. The zero-order valence-electron chi connectivity index (χ0n) is 16.4. The van der Waals surface area contributed by atoms with Crippen molar-refractivity contribution in [1.29, 1.82) is 0 Å². The standard InChI is InChI=1S/C22H29N3O2/c1-24(2)15-16-10-12-17(13-11-16)20-9-5-6-14-25(20)22(26)21-18-7-3-4-8-19(18)23-27-21/h10-13,20H,3-9,14-15H2,1-2H3/t20-/m1/s1. The first kappa shape index (κ1) is 18.2. The Morgan fingerprint density at radius 3 is 2.70 bits per heavy atom. The van der Waals surface area contributed by atoms with E-state index in [1.54, 1.807) is 0 Å². The summed E-state index contributed by atoms with van der Waals surface area (Å²) in [6.07, 6.45) is 7.32. The molecule has 4 rings (SSSR count). The summed E-state index contributed by atoms with van der Waals surface area (Å²) < 4.78 is 5.53. The number of nitrogens with zero attached hydrogens (tertiary/aromatic N) is 3. The van der Waals surface area contributed by atoms with Crippen LogP contribution >= 0.6 is 0 Å². The second kappa shape index (κ2) is 7.85. The summed E-state index contributed by atoms with van der Waals surface area (Å²) in [7, 11) is 4.15. The average molecular weight is 367 g/mol. The Bertz CT molecular complexity index is 794. The highest BCUT2D eigenvalue weighted by Crippen LogP contribution is 2.34. The van der Waals surface area contributed by atoms with Gasteiger partial charge in [0, 0.05) is 18.7 Å². The first-order valence-electron chi connectivity index (χ1n) is 10.2. The Kier molecular flexibility index (Phi) is 5.30. The SMILES string of the molecule is CN(C)Cc1ccc([C@H]2CCCCN2C(=O)c2onc3c2CCCC3)cc1. The lowest BCUT2D eigenvalue weighted by Crippen LogP contribution is -2.38. The molecule has 1 fully saturated rings. The minimum Gasteiger partial charge on any atom is -0.350 e. The molecule has 0 bridgehead atoms. The number of amides is 1. The van der Waals surface area contributed by atoms with E-state index in [-0.39, 0.29) is 11.9 Å². The number of aryl methyl sites for hydroxylation is 1. The second-order valence-electron chi connectivity index (χ2n) is 8.13. The number of hydrogen-bond donors (Lipinski definition) is 0. The predicted octanol–water partition coefficient (Wildman–Crippen LogP) is 3.98. The summed E-state index contributed by atoms with van der Waals surface area (Å²) in [5.41, 5.74) is 4.56. The molecule has 1 aromatic heterocycles. The number of carbonyl (C=O) groups is 1. The molecule has 0 unspecified atom stereocenters. The zero-order chi connectivity index (χ0) is 18.8. The average Bonchev–Trinajstić information content (AvgIpc) is 3.12. The van der Waals surface area contributed by atoms with Crippen LogP contribution in [0.25, 0.3) is 0 Å². The molecule has 5 heteroatoms. The Balaban J connectivity index is 1.57. The van der Waals surface area contributed by atoms with Crippen LogP contribution in [-0.2, 0) is 19.4 Å². The maximum atomic E-state index is 13.3. The van der Waals surface area contributed by atoms with Gasteiger partial charge in [0.15, 0.2) is 0 Å². The Morgan fingerprint density at radius 2 is 1.93 bits per heavy atom. The van der Waals surface area contributed by atoms with Crippen LogP contribution in [0.5, 0.6) is 0 Å². The first-order valence-corrected chi connectivity index (χ1v) is 10.2. The Labute approximate surface area is 161 Å². The molecule has 1 atom stereocenters. The molecular weight excluding hydrogens is 338 g/mol. The van der Waals surface area contributed by atoms with E-state index in [0.29, 0.717) is 5.76 Å². The van der Waals surface area contributed by atoms with Crippen LogP contribution in [0.1, 0.15) is 71.1 Å². The topological polar surface area (TPSA) is 49.6 Å². The van der Waals surface area contributed by atoms with Crippen LogP contribution in [0, 0.1) is 0 Å². The summed E-state index contributed by atoms with van der Waals surface area (Å²) in [6.45, 7) is 1.72. The third-order valence-corrected chi connectivity index (χ3v) is 5.78. The van der Waals surface area contributed by atoms with Gasteiger partial charge in [-0.2, -0.15) is 0 Å². The fourth-order valence-corrected chi connectivity index (χ4v) is 4.42. The molecule has 1 amide bonds. The maximum absolute atomic E-state index is 13.3. The van der Waals surface area contributed by atoms with Crippen molar-refractivity contribution in [3.05, 3.63) is 52.4 Å². The number of piperidine rings is 1. The van der Waals surface area contributed by atoms with E-state index in [1.807, 2.05) is 4.90 Å². The van der Waals surface area contributed by atoms with E-state index in [1.165, 1.54) is 11.1 Å². The molecule has 2 aromatic rings. The zero-order valence-corrected chi connectivity index (χ0v) is 16.4. The van der Waals surface area contributed by atoms with Crippen molar-refractivity contribution in [2.24, 2.45) is 0 Å². The lowest BCUT2D eigenvalue weighted by molar-refractivity contribution is 0.0567. The maximum Gasteiger partial charge on any atom is 0.293 e. The largest absolute Gasteiger partial charge is 0.350 e. The van der Waals surface area contributed by atoms with Crippen LogP contribution in [0.3, 0.4) is 0 Å². The number of carbonyl (C=O) groups excluding carboxylic acids is 1. The summed E-state index contributed by atoms with van der Waals surface area (Å²) in [5.74, 6) is 0.508. The van der Waals surface area contributed by atoms with Crippen molar-refractivity contribution in [1.82, 2.24) is 15.0 Å². The molecule has 2 heterocycles. The van der Waals surface area contributed by atoms with Gasteiger partial charge in [0.05, 0.1) is 11.7 Å². The van der Waals surface area contributed by atoms with Crippen molar-refractivity contribution in [2.45, 2.75) is 57.5 Å². The van der Waals surface area contributed by atoms with Crippen LogP contribution in [-0.4, -0.2) is 41.5 Å². The minimum atomic E-state index is 0.0210. The van der Waals surface area contributed by atoms with E-state index in [9.17, 15) is 4.79 Å². The molecule has 0 saturated carbocycles. The Morgan fingerprint density at radius 1 is 1.15 bits per heavy atom. The molecule has 1 aromatic carbocycles. The monoisotopic (exact) mass is 367 g/mol. The second-order valence-corrected chi connectivity index (χ2v) is 8.13. The van der Waals surface area contributed by atoms with Crippen molar-refractivity contribution < 1.29 is 9.32 Å². The van der Waals surface area contributed by atoms with Crippen LogP contribution in [0.2, 0.25) is 0 Å². The van der Waals surface area contributed by atoms with Gasteiger partial charge in [-0.3, -0.25) is 4.79 Å². The van der Waals surface area contributed by atoms with Crippen molar-refractivity contribution in [2.75, 3.05) is 20.6 Å². The molecule has 0 N–H and O–H groups in total. The number of benzene rings is 1. The van der Waals surface area contributed by atoms with E-state index >= 15 is 0 Å². The summed E-state index contributed by atoms with van der Waals surface area (Å²) >= 11 is 0. The van der Waals surface area contributed by atoms with Gasteiger partial charge in [0.2, 0.25) is 5.76 Å². The highest BCUT2D eigenvalue weighted by molar-refractivity contribution is 5.93. The van der Waals surface area contributed by atoms with Crippen molar-refractivity contribution >= 4 is 5.91 Å². The smallest absolute Gasteiger partial charge is 0.293 e. The quantitative estimate of drug-likeness (QED) is 0.820. The lowest BCUT2D eigenvalue weighted by Gasteiger charge is -2.35. The number of fused-ring (bicyclic) bond motifs is 1. The molecule has 0 spiro atoms. The number of likely N-dealkylation sites (tertiary alicyclic amines) is 1. The third kappa shape index (κ3) is 3.79. The van der Waals surface area contributed by atoms with Crippen molar-refractivity contribution in [3.63, 3.8) is 0 Å². The first-order chi connectivity index (χ1) is 13.1. The van der Waals surface area contributed by atoms with E-state index in [0.717, 1.165) is 69.3 Å². The molecule has 1 aliphatic carbocycles. The van der Waals surface area contributed by atoms with Crippen LogP contribution < -0.4 is 0 Å². The van der Waals surface area contributed by atoms with Gasteiger partial charge in [-0.25, -0.2) is 0 Å². The molecule has 2 aliphatic rings. The molecule has 144 valence electrons. The summed E-state index contributed by atoms with van der Waals surface area (Å²) in [5, 5.41) is 4.18. The highest BCUT2D eigenvalue weighted by Gasteiger charge is 2.33. The fourth-order valence-electron chi connectivity index (χ4n) is 4.42.